The number of Topliss-reactive ketones (excluding diaryl/α,β-unsaturated/α-hetero) is 1. The van der Waals surface area contributed by atoms with Gasteiger partial charge in [-0.1, -0.05) is 13.3 Å². The molecule has 0 bridgehead atoms. The molecule has 0 aliphatic rings. The lowest BCUT2D eigenvalue weighted by Gasteiger charge is -2.12. The molecule has 1 aromatic rings. The van der Waals surface area contributed by atoms with E-state index in [1.165, 1.54) is 0 Å². The number of hydrogen-bond acceptors (Lipinski definition) is 3. The van der Waals surface area contributed by atoms with Crippen molar-refractivity contribution < 1.29 is 4.79 Å². The summed E-state index contributed by atoms with van der Waals surface area (Å²) in [4.78, 5) is 13.1. The van der Waals surface area contributed by atoms with Gasteiger partial charge in [0.25, 0.3) is 0 Å². The number of hydrogen-bond donors (Lipinski definition) is 1. The van der Waals surface area contributed by atoms with Crippen LogP contribution >= 0.6 is 11.3 Å². The Morgan fingerprint density at radius 2 is 2.25 bits per heavy atom. The second-order valence-electron chi connectivity index (χ2n) is 4.20. The van der Waals surface area contributed by atoms with Gasteiger partial charge in [0.05, 0.1) is 0 Å². The molecule has 0 amide bonds. The predicted octanol–water partition coefficient (Wildman–Crippen LogP) is 3.39. The summed E-state index contributed by atoms with van der Waals surface area (Å²) in [6.45, 7) is 4.90. The molecule has 90 valence electrons. The van der Waals surface area contributed by atoms with E-state index in [0.29, 0.717) is 12.3 Å². The van der Waals surface area contributed by atoms with E-state index in [-0.39, 0.29) is 5.78 Å². The van der Waals surface area contributed by atoms with Crippen LogP contribution in [0.4, 0.5) is 0 Å². The molecule has 0 radical (unpaired) electrons. The predicted molar refractivity (Wildman–Crippen MR) is 70.1 cm³/mol. The Balaban J connectivity index is 2.43. The fourth-order valence-electron chi connectivity index (χ4n) is 1.93. The fourth-order valence-corrected chi connectivity index (χ4v) is 2.65. The topological polar surface area (TPSA) is 43.1 Å². The maximum Gasteiger partial charge on any atom is 0.163 e. The molecular weight excluding hydrogens is 218 g/mol. The highest BCUT2D eigenvalue weighted by molar-refractivity contribution is 7.10. The van der Waals surface area contributed by atoms with Crippen molar-refractivity contribution in [1.29, 1.82) is 0 Å². The molecule has 0 saturated heterocycles. The van der Waals surface area contributed by atoms with E-state index in [2.05, 4.69) is 6.92 Å². The van der Waals surface area contributed by atoms with Crippen LogP contribution < -0.4 is 5.73 Å². The molecule has 0 aliphatic heterocycles. The lowest BCUT2D eigenvalue weighted by atomic mass is 9.94. The molecule has 0 spiro atoms. The second-order valence-corrected chi connectivity index (χ2v) is 5.32. The molecule has 0 saturated carbocycles. The molecule has 0 fully saturated rings. The van der Waals surface area contributed by atoms with Crippen LogP contribution in [0, 0.1) is 12.8 Å². The van der Waals surface area contributed by atoms with Crippen LogP contribution in [0.25, 0.3) is 0 Å². The van der Waals surface area contributed by atoms with E-state index >= 15 is 0 Å². The number of ketones is 1. The van der Waals surface area contributed by atoms with Gasteiger partial charge in [-0.2, -0.15) is 0 Å². The highest BCUT2D eigenvalue weighted by Gasteiger charge is 2.12. The minimum Gasteiger partial charge on any atom is -0.330 e. The van der Waals surface area contributed by atoms with Crippen LogP contribution in [0.3, 0.4) is 0 Å². The molecule has 1 atom stereocenters. The number of nitrogens with two attached hydrogens (primary N) is 1. The zero-order valence-electron chi connectivity index (χ0n) is 10.2. The number of rotatable bonds is 7. The molecule has 1 unspecified atom stereocenters. The minimum atomic E-state index is 0.286. The molecular formula is C13H21NOS. The van der Waals surface area contributed by atoms with Crippen molar-refractivity contribution in [2.24, 2.45) is 11.7 Å². The molecule has 16 heavy (non-hydrogen) atoms. The van der Waals surface area contributed by atoms with Crippen LogP contribution in [0.1, 0.15) is 47.8 Å². The van der Waals surface area contributed by atoms with Gasteiger partial charge in [0, 0.05) is 16.9 Å². The number of aryl methyl sites for hydroxylation is 1. The Hall–Kier alpha value is -0.670. The van der Waals surface area contributed by atoms with Gasteiger partial charge in [0.2, 0.25) is 0 Å². The molecule has 0 aromatic carbocycles. The van der Waals surface area contributed by atoms with Crippen LogP contribution in [0.5, 0.6) is 0 Å². The standard InChI is InChI=1S/C13H21NOS/c1-3-11(6-8-14)4-5-13(15)12-7-9-16-10(12)2/h7,9,11H,3-6,8,14H2,1-2H3. The van der Waals surface area contributed by atoms with Gasteiger partial charge in [-0.25, -0.2) is 0 Å². The molecule has 0 aliphatic carbocycles. The van der Waals surface area contributed by atoms with Gasteiger partial charge >= 0.3 is 0 Å². The zero-order chi connectivity index (χ0) is 12.0. The largest absolute Gasteiger partial charge is 0.330 e. The molecule has 1 aromatic heterocycles. The van der Waals surface area contributed by atoms with E-state index in [1.807, 2.05) is 18.4 Å². The average Bonchev–Trinajstić information content (AvgIpc) is 2.70. The van der Waals surface area contributed by atoms with Gasteiger partial charge < -0.3 is 5.73 Å². The SMILES string of the molecule is CCC(CCN)CCC(=O)c1ccsc1C. The smallest absolute Gasteiger partial charge is 0.163 e. The maximum absolute atomic E-state index is 11.9. The Morgan fingerprint density at radius 1 is 1.50 bits per heavy atom. The molecule has 1 heterocycles. The zero-order valence-corrected chi connectivity index (χ0v) is 11.0. The van der Waals surface area contributed by atoms with Gasteiger partial charge in [0.1, 0.15) is 0 Å². The van der Waals surface area contributed by atoms with Gasteiger partial charge in [-0.15, -0.1) is 11.3 Å². The van der Waals surface area contributed by atoms with E-state index in [9.17, 15) is 4.79 Å². The van der Waals surface area contributed by atoms with Gasteiger partial charge in [-0.05, 0) is 43.7 Å². The quantitative estimate of drug-likeness (QED) is 0.741. The van der Waals surface area contributed by atoms with E-state index in [1.54, 1.807) is 11.3 Å². The van der Waals surface area contributed by atoms with Crippen molar-refractivity contribution in [2.45, 2.75) is 39.5 Å². The van der Waals surface area contributed by atoms with Crippen molar-refractivity contribution in [3.8, 4) is 0 Å². The van der Waals surface area contributed by atoms with Crippen LogP contribution in [-0.2, 0) is 0 Å². The Morgan fingerprint density at radius 3 is 2.75 bits per heavy atom. The first-order chi connectivity index (χ1) is 7.69. The maximum atomic E-state index is 11.9. The highest BCUT2D eigenvalue weighted by atomic mass is 32.1. The third-order valence-electron chi connectivity index (χ3n) is 3.09. The number of carbonyl (C=O) groups is 1. The van der Waals surface area contributed by atoms with E-state index in [0.717, 1.165) is 36.2 Å². The van der Waals surface area contributed by atoms with E-state index in [4.69, 9.17) is 5.73 Å². The van der Waals surface area contributed by atoms with Crippen LogP contribution in [0.15, 0.2) is 11.4 Å². The van der Waals surface area contributed by atoms with Crippen molar-refractivity contribution >= 4 is 17.1 Å². The number of carbonyl (C=O) groups excluding carboxylic acids is 1. The summed E-state index contributed by atoms with van der Waals surface area (Å²) in [5.41, 5.74) is 6.46. The Kier molecular flexibility index (Phi) is 5.71. The van der Waals surface area contributed by atoms with Gasteiger partial charge in [0.15, 0.2) is 5.78 Å². The monoisotopic (exact) mass is 239 g/mol. The summed E-state index contributed by atoms with van der Waals surface area (Å²) in [5, 5.41) is 1.99. The van der Waals surface area contributed by atoms with Crippen LogP contribution in [0.2, 0.25) is 0 Å². The minimum absolute atomic E-state index is 0.286. The third-order valence-corrected chi connectivity index (χ3v) is 3.94. The van der Waals surface area contributed by atoms with Crippen molar-refractivity contribution in [3.63, 3.8) is 0 Å². The summed E-state index contributed by atoms with van der Waals surface area (Å²) < 4.78 is 0. The van der Waals surface area contributed by atoms with Gasteiger partial charge in [-0.3, -0.25) is 4.79 Å². The third kappa shape index (κ3) is 3.72. The fraction of sp³-hybridized carbons (Fsp3) is 0.615. The lowest BCUT2D eigenvalue weighted by Crippen LogP contribution is -2.10. The average molecular weight is 239 g/mol. The Bertz CT molecular complexity index is 332. The van der Waals surface area contributed by atoms with Crippen molar-refractivity contribution in [3.05, 3.63) is 21.9 Å². The molecule has 3 heteroatoms. The molecule has 2 N–H and O–H groups in total. The summed E-state index contributed by atoms with van der Waals surface area (Å²) in [6, 6.07) is 1.94. The Labute approximate surface area is 102 Å². The van der Waals surface area contributed by atoms with Crippen molar-refractivity contribution in [1.82, 2.24) is 0 Å². The number of thiophene rings is 1. The second kappa shape index (κ2) is 6.81. The normalized spacial score (nSPS) is 12.7. The van der Waals surface area contributed by atoms with Crippen molar-refractivity contribution in [2.75, 3.05) is 6.54 Å². The summed E-state index contributed by atoms with van der Waals surface area (Å²) in [6.07, 6.45) is 3.79. The molecule has 2 nitrogen and oxygen atoms in total. The van der Waals surface area contributed by atoms with Crippen LogP contribution in [-0.4, -0.2) is 12.3 Å². The van der Waals surface area contributed by atoms with E-state index < -0.39 is 0 Å². The first kappa shape index (κ1) is 13.4. The molecule has 1 rings (SSSR count). The summed E-state index contributed by atoms with van der Waals surface area (Å²) >= 11 is 1.64. The lowest BCUT2D eigenvalue weighted by molar-refractivity contribution is 0.0972. The summed E-state index contributed by atoms with van der Waals surface area (Å²) in [5.74, 6) is 0.891. The highest BCUT2D eigenvalue weighted by Crippen LogP contribution is 2.20. The first-order valence-corrected chi connectivity index (χ1v) is 6.84. The summed E-state index contributed by atoms with van der Waals surface area (Å²) in [7, 11) is 0. The first-order valence-electron chi connectivity index (χ1n) is 5.96.